The minimum Gasteiger partial charge on any atom is -0.448 e. The van der Waals surface area contributed by atoms with Gasteiger partial charge in [-0.3, -0.25) is 4.79 Å². The summed E-state index contributed by atoms with van der Waals surface area (Å²) < 4.78 is 10.8. The van der Waals surface area contributed by atoms with E-state index >= 15 is 0 Å². The maximum absolute atomic E-state index is 12.5. The van der Waals surface area contributed by atoms with Gasteiger partial charge in [0.1, 0.15) is 6.26 Å². The average molecular weight is 300 g/mol. The third kappa shape index (κ3) is 3.54. The average Bonchev–Trinajstić information content (AvgIpc) is 2.83. The zero-order valence-corrected chi connectivity index (χ0v) is 12.7. The van der Waals surface area contributed by atoms with Gasteiger partial charge in [-0.1, -0.05) is 30.3 Å². The van der Waals surface area contributed by atoms with Crippen LogP contribution >= 0.6 is 0 Å². The number of carbonyl (C=O) groups is 1. The van der Waals surface area contributed by atoms with Gasteiger partial charge in [-0.2, -0.15) is 0 Å². The molecule has 0 bridgehead atoms. The van der Waals surface area contributed by atoms with Crippen LogP contribution in [0, 0.1) is 12.8 Å². The van der Waals surface area contributed by atoms with E-state index in [4.69, 9.17) is 9.15 Å². The van der Waals surface area contributed by atoms with Crippen LogP contribution in [0.3, 0.4) is 0 Å². The summed E-state index contributed by atoms with van der Waals surface area (Å²) in [6.07, 6.45) is 2.33. The molecule has 1 saturated heterocycles. The lowest BCUT2D eigenvalue weighted by Gasteiger charge is -2.22. The molecule has 1 fully saturated rings. The monoisotopic (exact) mass is 300 g/mol. The number of rotatable bonds is 3. The first-order chi connectivity index (χ1) is 10.7. The van der Waals surface area contributed by atoms with Gasteiger partial charge in [0.05, 0.1) is 13.2 Å². The lowest BCUT2D eigenvalue weighted by Crippen LogP contribution is -2.36. The fourth-order valence-corrected chi connectivity index (χ4v) is 2.76. The highest BCUT2D eigenvalue weighted by atomic mass is 16.5. The molecular weight excluding hydrogens is 280 g/mol. The van der Waals surface area contributed by atoms with E-state index in [9.17, 15) is 4.79 Å². The first-order valence-electron chi connectivity index (χ1n) is 7.55. The quantitative estimate of drug-likeness (QED) is 0.873. The molecule has 5 heteroatoms. The van der Waals surface area contributed by atoms with Crippen LogP contribution in [0.4, 0.5) is 0 Å². The highest BCUT2D eigenvalue weighted by Crippen LogP contribution is 2.16. The minimum atomic E-state index is -0.0830. The third-order valence-corrected chi connectivity index (χ3v) is 3.83. The molecule has 1 atom stereocenters. The van der Waals surface area contributed by atoms with E-state index in [2.05, 4.69) is 17.1 Å². The maximum Gasteiger partial charge on any atom is 0.275 e. The summed E-state index contributed by atoms with van der Waals surface area (Å²) in [5.41, 5.74) is 1.64. The molecule has 22 heavy (non-hydrogen) atoms. The lowest BCUT2D eigenvalue weighted by atomic mass is 9.99. The van der Waals surface area contributed by atoms with E-state index in [0.29, 0.717) is 43.8 Å². The van der Waals surface area contributed by atoms with E-state index in [1.165, 1.54) is 11.8 Å². The largest absolute Gasteiger partial charge is 0.448 e. The Labute approximate surface area is 129 Å². The molecule has 1 amide bonds. The number of ether oxygens (including phenoxy) is 1. The summed E-state index contributed by atoms with van der Waals surface area (Å²) in [6.45, 7) is 4.25. The number of aromatic nitrogens is 1. The molecule has 116 valence electrons. The van der Waals surface area contributed by atoms with Crippen LogP contribution in [0.15, 0.2) is 41.0 Å². The summed E-state index contributed by atoms with van der Waals surface area (Å²) in [7, 11) is 0. The van der Waals surface area contributed by atoms with Crippen molar-refractivity contribution in [3.63, 3.8) is 0 Å². The summed E-state index contributed by atoms with van der Waals surface area (Å²) in [4.78, 5) is 18.5. The predicted octanol–water partition coefficient (Wildman–Crippen LogP) is 2.31. The Morgan fingerprint density at radius 2 is 2.18 bits per heavy atom. The maximum atomic E-state index is 12.5. The Morgan fingerprint density at radius 3 is 2.91 bits per heavy atom. The second kappa shape index (κ2) is 6.75. The smallest absolute Gasteiger partial charge is 0.275 e. The van der Waals surface area contributed by atoms with E-state index in [1.54, 1.807) is 6.92 Å². The summed E-state index contributed by atoms with van der Waals surface area (Å²) >= 11 is 0. The Hall–Kier alpha value is -2.14. The normalized spacial score (nSPS) is 19.0. The molecule has 0 N–H and O–H groups in total. The van der Waals surface area contributed by atoms with Crippen LogP contribution in [-0.4, -0.2) is 42.1 Å². The van der Waals surface area contributed by atoms with Gasteiger partial charge in [0, 0.05) is 25.9 Å². The Kier molecular flexibility index (Phi) is 4.53. The molecule has 0 radical (unpaired) electrons. The van der Waals surface area contributed by atoms with Crippen molar-refractivity contribution in [3.05, 3.63) is 53.7 Å². The van der Waals surface area contributed by atoms with Crippen LogP contribution in [0.2, 0.25) is 0 Å². The van der Waals surface area contributed by atoms with Crippen molar-refractivity contribution in [2.24, 2.45) is 5.92 Å². The predicted molar refractivity (Wildman–Crippen MR) is 81.6 cm³/mol. The first kappa shape index (κ1) is 14.8. The highest BCUT2D eigenvalue weighted by molar-refractivity contribution is 5.92. The van der Waals surface area contributed by atoms with E-state index in [1.807, 2.05) is 23.1 Å². The van der Waals surface area contributed by atoms with Gasteiger partial charge in [0.15, 0.2) is 11.6 Å². The van der Waals surface area contributed by atoms with Crippen molar-refractivity contribution >= 4 is 5.91 Å². The van der Waals surface area contributed by atoms with Gasteiger partial charge in [0.2, 0.25) is 0 Å². The molecule has 1 aliphatic rings. The Balaban J connectivity index is 1.68. The van der Waals surface area contributed by atoms with Gasteiger partial charge in [-0.05, 0) is 12.0 Å². The molecule has 3 rings (SSSR count). The van der Waals surface area contributed by atoms with Crippen LogP contribution in [0.5, 0.6) is 0 Å². The highest BCUT2D eigenvalue weighted by Gasteiger charge is 2.25. The Morgan fingerprint density at radius 1 is 1.36 bits per heavy atom. The molecular formula is C17H20N2O3. The molecule has 1 aromatic carbocycles. The first-order valence-corrected chi connectivity index (χ1v) is 7.55. The minimum absolute atomic E-state index is 0.0830. The van der Waals surface area contributed by atoms with Crippen LogP contribution in [0.25, 0.3) is 0 Å². The summed E-state index contributed by atoms with van der Waals surface area (Å²) in [5, 5.41) is 0. The van der Waals surface area contributed by atoms with Crippen LogP contribution in [0.1, 0.15) is 21.9 Å². The zero-order valence-electron chi connectivity index (χ0n) is 12.7. The number of benzene rings is 1. The topological polar surface area (TPSA) is 55.6 Å². The summed E-state index contributed by atoms with van der Waals surface area (Å²) in [6, 6.07) is 10.3. The molecule has 1 aliphatic heterocycles. The number of nitrogens with zero attached hydrogens (tertiary/aromatic N) is 2. The molecule has 1 aromatic heterocycles. The van der Waals surface area contributed by atoms with Crippen LogP contribution < -0.4 is 0 Å². The van der Waals surface area contributed by atoms with Crippen LogP contribution in [-0.2, 0) is 11.2 Å². The standard InChI is InChI=1S/C17H20N2O3/c1-13-18-16(12-22-13)17(20)19-7-8-21-11-15(10-19)9-14-5-3-2-4-6-14/h2-6,12,15H,7-11H2,1H3. The van der Waals surface area contributed by atoms with Gasteiger partial charge >= 0.3 is 0 Å². The number of aryl methyl sites for hydroxylation is 1. The Bertz CT molecular complexity index is 624. The molecule has 1 unspecified atom stereocenters. The van der Waals surface area contributed by atoms with Gasteiger partial charge < -0.3 is 14.1 Å². The van der Waals surface area contributed by atoms with Gasteiger partial charge in [-0.25, -0.2) is 4.98 Å². The van der Waals surface area contributed by atoms with E-state index < -0.39 is 0 Å². The van der Waals surface area contributed by atoms with E-state index in [-0.39, 0.29) is 5.91 Å². The second-order valence-corrected chi connectivity index (χ2v) is 5.63. The van der Waals surface area contributed by atoms with Crippen molar-refractivity contribution in [2.75, 3.05) is 26.3 Å². The molecule has 5 nitrogen and oxygen atoms in total. The van der Waals surface area contributed by atoms with Gasteiger partial charge in [-0.15, -0.1) is 0 Å². The fourth-order valence-electron chi connectivity index (χ4n) is 2.76. The summed E-state index contributed by atoms with van der Waals surface area (Å²) in [5.74, 6) is 0.720. The SMILES string of the molecule is Cc1nc(C(=O)N2CCOCC(Cc3ccccc3)C2)co1. The molecule has 2 aromatic rings. The second-order valence-electron chi connectivity index (χ2n) is 5.63. The van der Waals surface area contributed by atoms with Crippen molar-refractivity contribution in [1.29, 1.82) is 0 Å². The number of carbonyl (C=O) groups excluding carboxylic acids is 1. The molecule has 0 saturated carbocycles. The zero-order chi connectivity index (χ0) is 15.4. The van der Waals surface area contributed by atoms with Crippen molar-refractivity contribution < 1.29 is 13.9 Å². The lowest BCUT2D eigenvalue weighted by molar-refractivity contribution is 0.0731. The fraction of sp³-hybridized carbons (Fsp3) is 0.412. The molecule has 0 aliphatic carbocycles. The van der Waals surface area contributed by atoms with Crippen molar-refractivity contribution in [2.45, 2.75) is 13.3 Å². The number of hydrogen-bond donors (Lipinski definition) is 0. The molecule has 0 spiro atoms. The van der Waals surface area contributed by atoms with Crippen molar-refractivity contribution in [3.8, 4) is 0 Å². The number of amides is 1. The van der Waals surface area contributed by atoms with Crippen molar-refractivity contribution in [1.82, 2.24) is 9.88 Å². The number of oxazole rings is 1. The third-order valence-electron chi connectivity index (χ3n) is 3.83. The molecule has 2 heterocycles. The van der Waals surface area contributed by atoms with Gasteiger partial charge in [0.25, 0.3) is 5.91 Å². The van der Waals surface area contributed by atoms with E-state index in [0.717, 1.165) is 6.42 Å². The number of hydrogen-bond acceptors (Lipinski definition) is 4.